The minimum absolute atomic E-state index is 0.285. The van der Waals surface area contributed by atoms with E-state index in [1.807, 2.05) is 36.6 Å². The summed E-state index contributed by atoms with van der Waals surface area (Å²) in [5.41, 5.74) is 7.52. The number of anilines is 2. The van der Waals surface area contributed by atoms with Gasteiger partial charge in [0.25, 0.3) is 5.91 Å². The number of aromatic nitrogens is 3. The molecule has 10 heteroatoms. The Kier molecular flexibility index (Phi) is 4.90. The number of thiophene rings is 2. The van der Waals surface area contributed by atoms with Gasteiger partial charge in [-0.25, -0.2) is 4.98 Å². The molecule has 4 heterocycles. The molecule has 1 amide bonds. The van der Waals surface area contributed by atoms with Gasteiger partial charge in [0.15, 0.2) is 4.34 Å². The maximum Gasteiger partial charge on any atom is 0.269 e. The Bertz CT molecular complexity index is 1070. The third-order valence-electron chi connectivity index (χ3n) is 3.47. The third-order valence-corrected chi connectivity index (χ3v) is 7.33. The van der Waals surface area contributed by atoms with Crippen LogP contribution in [0.3, 0.4) is 0 Å². The number of rotatable bonds is 5. The van der Waals surface area contributed by atoms with Crippen LogP contribution in [0.2, 0.25) is 0 Å². The Morgan fingerprint density at radius 2 is 2.15 bits per heavy atom. The maximum absolute atomic E-state index is 12.6. The quantitative estimate of drug-likeness (QED) is 0.356. The molecule has 0 saturated carbocycles. The van der Waals surface area contributed by atoms with Gasteiger partial charge in [-0.2, -0.15) is 0 Å². The lowest BCUT2D eigenvalue weighted by atomic mass is 10.2. The smallest absolute Gasteiger partial charge is 0.269 e. The van der Waals surface area contributed by atoms with Crippen molar-refractivity contribution in [2.75, 3.05) is 16.8 Å². The van der Waals surface area contributed by atoms with Crippen molar-refractivity contribution in [1.29, 1.82) is 0 Å². The first-order valence-corrected chi connectivity index (χ1v) is 11.2. The van der Waals surface area contributed by atoms with Crippen molar-refractivity contribution in [3.05, 3.63) is 34.5 Å². The molecular weight excluding hydrogens is 406 g/mol. The van der Waals surface area contributed by atoms with E-state index in [2.05, 4.69) is 20.5 Å². The van der Waals surface area contributed by atoms with Gasteiger partial charge in [-0.05, 0) is 29.3 Å². The zero-order valence-corrected chi connectivity index (χ0v) is 16.8. The lowest BCUT2D eigenvalue weighted by Crippen LogP contribution is -2.11. The Morgan fingerprint density at radius 3 is 2.92 bits per heavy atom. The average molecular weight is 420 g/mol. The summed E-state index contributed by atoms with van der Waals surface area (Å²) in [4.78, 5) is 19.5. The van der Waals surface area contributed by atoms with Gasteiger partial charge < -0.3 is 5.73 Å². The van der Waals surface area contributed by atoms with Crippen molar-refractivity contribution in [3.8, 4) is 10.6 Å². The van der Waals surface area contributed by atoms with E-state index in [1.165, 1.54) is 22.7 Å². The fourth-order valence-corrected chi connectivity index (χ4v) is 5.65. The Hall–Kier alpha value is -2.01. The lowest BCUT2D eigenvalue weighted by molar-refractivity contribution is 0.103. The second kappa shape index (κ2) is 7.31. The molecule has 0 saturated heterocycles. The highest BCUT2D eigenvalue weighted by Crippen LogP contribution is 2.35. The molecule has 6 nitrogen and oxygen atoms in total. The maximum atomic E-state index is 12.6. The van der Waals surface area contributed by atoms with Crippen LogP contribution in [0.4, 0.5) is 10.8 Å². The fourth-order valence-electron chi connectivity index (χ4n) is 2.32. The van der Waals surface area contributed by atoms with Gasteiger partial charge in [-0.1, -0.05) is 36.1 Å². The number of carbonyl (C=O) groups is 1. The molecular formula is C16H13N5OS4. The molecule has 4 rings (SSSR count). The summed E-state index contributed by atoms with van der Waals surface area (Å²) in [5, 5.41) is 14.1. The predicted molar refractivity (Wildman–Crippen MR) is 112 cm³/mol. The number of hydrogen-bond donors (Lipinski definition) is 2. The standard InChI is InChI=1S/C16H13N5OS4/c1-2-23-16-21-20-15(26-16)19-13(22)12-11(17)8-5-6-9(18-14(8)25-12)10-4-3-7-24-10/h3-7H,2,17H2,1H3,(H,19,20,22). The molecule has 0 spiro atoms. The number of nitrogens with zero attached hydrogens (tertiary/aromatic N) is 3. The molecule has 4 aromatic rings. The topological polar surface area (TPSA) is 93.8 Å². The van der Waals surface area contributed by atoms with Crippen molar-refractivity contribution in [3.63, 3.8) is 0 Å². The van der Waals surface area contributed by atoms with Gasteiger partial charge in [0.2, 0.25) is 5.13 Å². The zero-order valence-electron chi connectivity index (χ0n) is 13.6. The molecule has 4 aromatic heterocycles. The molecule has 0 radical (unpaired) electrons. The van der Waals surface area contributed by atoms with E-state index in [-0.39, 0.29) is 5.91 Å². The number of fused-ring (bicyclic) bond motifs is 1. The van der Waals surface area contributed by atoms with E-state index in [4.69, 9.17) is 5.73 Å². The Balaban J connectivity index is 1.62. The van der Waals surface area contributed by atoms with Crippen LogP contribution in [-0.2, 0) is 0 Å². The van der Waals surface area contributed by atoms with Crippen LogP contribution in [0.1, 0.15) is 16.6 Å². The number of nitrogen functional groups attached to an aromatic ring is 1. The Labute approximate surface area is 165 Å². The number of pyridine rings is 1. The highest BCUT2D eigenvalue weighted by atomic mass is 32.2. The molecule has 0 fully saturated rings. The van der Waals surface area contributed by atoms with Gasteiger partial charge in [0.05, 0.1) is 16.3 Å². The molecule has 26 heavy (non-hydrogen) atoms. The highest BCUT2D eigenvalue weighted by Gasteiger charge is 2.19. The van der Waals surface area contributed by atoms with Crippen LogP contribution in [0.5, 0.6) is 0 Å². The van der Waals surface area contributed by atoms with Gasteiger partial charge in [-0.15, -0.1) is 32.9 Å². The molecule has 132 valence electrons. The van der Waals surface area contributed by atoms with Crippen LogP contribution in [-0.4, -0.2) is 26.8 Å². The van der Waals surface area contributed by atoms with E-state index < -0.39 is 0 Å². The molecule has 0 aromatic carbocycles. The monoisotopic (exact) mass is 419 g/mol. The van der Waals surface area contributed by atoms with E-state index in [0.717, 1.165) is 30.9 Å². The van der Waals surface area contributed by atoms with Crippen LogP contribution in [0, 0.1) is 0 Å². The zero-order chi connectivity index (χ0) is 18.1. The normalized spacial score (nSPS) is 11.1. The molecule has 0 unspecified atom stereocenters. The van der Waals surface area contributed by atoms with Gasteiger partial charge >= 0.3 is 0 Å². The van der Waals surface area contributed by atoms with E-state index in [0.29, 0.717) is 15.7 Å². The van der Waals surface area contributed by atoms with Gasteiger partial charge in [0.1, 0.15) is 9.71 Å². The second-order valence-electron chi connectivity index (χ2n) is 5.13. The van der Waals surface area contributed by atoms with Crippen LogP contribution < -0.4 is 11.1 Å². The van der Waals surface area contributed by atoms with Crippen molar-refractivity contribution in [1.82, 2.24) is 15.2 Å². The summed E-state index contributed by atoms with van der Waals surface area (Å²) in [6.45, 7) is 2.04. The van der Waals surface area contributed by atoms with Crippen molar-refractivity contribution in [2.24, 2.45) is 0 Å². The second-order valence-corrected chi connectivity index (χ2v) is 9.57. The molecule has 0 bridgehead atoms. The first kappa shape index (κ1) is 17.4. The van der Waals surface area contributed by atoms with Crippen molar-refractivity contribution < 1.29 is 4.79 Å². The van der Waals surface area contributed by atoms with Crippen molar-refractivity contribution >= 4 is 72.7 Å². The molecule has 0 aliphatic heterocycles. The van der Waals surface area contributed by atoms with Crippen LogP contribution in [0.25, 0.3) is 20.8 Å². The largest absolute Gasteiger partial charge is 0.397 e. The summed E-state index contributed by atoms with van der Waals surface area (Å²) in [6, 6.07) is 7.85. The summed E-state index contributed by atoms with van der Waals surface area (Å²) >= 11 is 5.85. The molecule has 0 aliphatic carbocycles. The number of nitrogens with two attached hydrogens (primary N) is 1. The van der Waals surface area contributed by atoms with Gasteiger partial charge in [-0.3, -0.25) is 10.1 Å². The lowest BCUT2D eigenvalue weighted by Gasteiger charge is -1.99. The Morgan fingerprint density at radius 1 is 1.27 bits per heavy atom. The summed E-state index contributed by atoms with van der Waals surface area (Å²) < 4.78 is 0.828. The van der Waals surface area contributed by atoms with Gasteiger partial charge in [0, 0.05) is 5.39 Å². The number of hydrogen-bond acceptors (Lipinski definition) is 9. The first-order chi connectivity index (χ1) is 12.7. The van der Waals surface area contributed by atoms with Crippen molar-refractivity contribution in [2.45, 2.75) is 11.3 Å². The fraction of sp³-hybridized carbons (Fsp3) is 0.125. The van der Waals surface area contributed by atoms with Crippen LogP contribution in [0.15, 0.2) is 34.0 Å². The average Bonchev–Trinajstić information content (AvgIpc) is 3.36. The first-order valence-electron chi connectivity index (χ1n) is 7.66. The molecule has 0 aliphatic rings. The number of amides is 1. The van der Waals surface area contributed by atoms with E-state index >= 15 is 0 Å². The summed E-state index contributed by atoms with van der Waals surface area (Å²) in [6.07, 6.45) is 0. The number of carbonyl (C=O) groups excluding carboxylic acids is 1. The van der Waals surface area contributed by atoms with E-state index in [1.54, 1.807) is 23.1 Å². The summed E-state index contributed by atoms with van der Waals surface area (Å²) in [7, 11) is 0. The van der Waals surface area contributed by atoms with Crippen LogP contribution >= 0.6 is 45.8 Å². The summed E-state index contributed by atoms with van der Waals surface area (Å²) in [5.74, 6) is 0.622. The third kappa shape index (κ3) is 3.32. The number of nitrogens with one attached hydrogen (secondary N) is 1. The predicted octanol–water partition coefficient (Wildman–Crippen LogP) is 4.82. The van der Waals surface area contributed by atoms with E-state index in [9.17, 15) is 4.79 Å². The molecule has 3 N–H and O–H groups in total. The highest BCUT2D eigenvalue weighted by molar-refractivity contribution is 8.01. The SMILES string of the molecule is CCSc1nnc(NC(=O)c2sc3nc(-c4cccs4)ccc3c2N)s1. The minimum atomic E-state index is -0.285. The molecule has 0 atom stereocenters. The minimum Gasteiger partial charge on any atom is -0.397 e. The number of thioether (sulfide) groups is 1.